The number of hydrogen-bond acceptors (Lipinski definition) is 2. The van der Waals surface area contributed by atoms with Crippen molar-refractivity contribution < 1.29 is 0 Å². The predicted molar refractivity (Wildman–Crippen MR) is 49.2 cm³/mol. The topological polar surface area (TPSA) is 26.0 Å². The Morgan fingerprint density at radius 3 is 2.90 bits per heavy atom. The van der Waals surface area contributed by atoms with Crippen LogP contribution in [0, 0.1) is 0 Å². The highest BCUT2D eigenvalue weighted by molar-refractivity contribution is 9.10. The predicted octanol–water partition coefficient (Wildman–Crippen LogP) is 2.92. The van der Waals surface area contributed by atoms with Crippen LogP contribution in [0.1, 0.15) is 24.3 Å². The zero-order valence-electron chi connectivity index (χ0n) is 5.80. The van der Waals surface area contributed by atoms with Gasteiger partial charge in [0.15, 0.2) is 0 Å². The van der Waals surface area contributed by atoms with Crippen LogP contribution in [0.25, 0.3) is 0 Å². The minimum Gasteiger partial charge on any atom is -0.323 e. The second-order valence-corrected chi connectivity index (χ2v) is 4.04. The summed E-state index contributed by atoms with van der Waals surface area (Å²) in [5.41, 5.74) is 5.80. The summed E-state index contributed by atoms with van der Waals surface area (Å²) in [5, 5.41) is 2.06. The molecule has 56 valence electrons. The first-order chi connectivity index (χ1) is 4.74. The Morgan fingerprint density at radius 1 is 1.80 bits per heavy atom. The molecule has 1 rings (SSSR count). The summed E-state index contributed by atoms with van der Waals surface area (Å²) >= 11 is 5.09. The second kappa shape index (κ2) is 3.51. The van der Waals surface area contributed by atoms with E-state index in [0.717, 1.165) is 10.9 Å². The third-order valence-corrected chi connectivity index (χ3v) is 3.22. The van der Waals surface area contributed by atoms with E-state index in [1.54, 1.807) is 11.3 Å². The van der Waals surface area contributed by atoms with Gasteiger partial charge in [-0.05, 0) is 28.4 Å². The lowest BCUT2D eigenvalue weighted by atomic mass is 10.2. The van der Waals surface area contributed by atoms with Crippen molar-refractivity contribution in [1.82, 2.24) is 0 Å². The highest BCUT2D eigenvalue weighted by Crippen LogP contribution is 2.25. The van der Waals surface area contributed by atoms with Crippen LogP contribution in [-0.2, 0) is 0 Å². The summed E-state index contributed by atoms with van der Waals surface area (Å²) in [6.45, 7) is 2.10. The van der Waals surface area contributed by atoms with Gasteiger partial charge >= 0.3 is 0 Å². The third kappa shape index (κ3) is 1.81. The normalized spacial score (nSPS) is 13.5. The molecule has 1 unspecified atom stereocenters. The van der Waals surface area contributed by atoms with Crippen molar-refractivity contribution in [2.24, 2.45) is 5.73 Å². The minimum absolute atomic E-state index is 0.219. The molecule has 10 heavy (non-hydrogen) atoms. The van der Waals surface area contributed by atoms with E-state index in [1.165, 1.54) is 4.88 Å². The van der Waals surface area contributed by atoms with Gasteiger partial charge in [-0.1, -0.05) is 6.92 Å². The smallest absolute Gasteiger partial charge is 0.0387 e. The molecule has 2 N–H and O–H groups in total. The van der Waals surface area contributed by atoms with Crippen LogP contribution in [0.4, 0.5) is 0 Å². The van der Waals surface area contributed by atoms with Crippen molar-refractivity contribution in [3.05, 3.63) is 20.8 Å². The first-order valence-corrected chi connectivity index (χ1v) is 4.90. The molecule has 0 bridgehead atoms. The van der Waals surface area contributed by atoms with Crippen molar-refractivity contribution in [2.45, 2.75) is 19.4 Å². The van der Waals surface area contributed by atoms with Gasteiger partial charge < -0.3 is 5.73 Å². The molecule has 0 saturated carbocycles. The molecule has 1 aromatic heterocycles. The maximum atomic E-state index is 5.80. The summed E-state index contributed by atoms with van der Waals surface area (Å²) in [5.74, 6) is 0. The molecule has 0 aromatic carbocycles. The van der Waals surface area contributed by atoms with E-state index in [2.05, 4.69) is 34.3 Å². The zero-order valence-corrected chi connectivity index (χ0v) is 8.21. The maximum Gasteiger partial charge on any atom is 0.0387 e. The molecule has 0 aliphatic rings. The average Bonchev–Trinajstić information content (AvgIpc) is 2.34. The van der Waals surface area contributed by atoms with E-state index in [9.17, 15) is 0 Å². The number of nitrogens with two attached hydrogens (primary N) is 1. The molecule has 0 aliphatic heterocycles. The van der Waals surface area contributed by atoms with Gasteiger partial charge in [0.2, 0.25) is 0 Å². The van der Waals surface area contributed by atoms with E-state index in [-0.39, 0.29) is 6.04 Å². The van der Waals surface area contributed by atoms with E-state index in [0.29, 0.717) is 0 Å². The lowest BCUT2D eigenvalue weighted by molar-refractivity contribution is 0.712. The van der Waals surface area contributed by atoms with E-state index in [4.69, 9.17) is 5.73 Å². The Kier molecular flexibility index (Phi) is 2.89. The molecule has 0 amide bonds. The Hall–Kier alpha value is 0.140. The van der Waals surface area contributed by atoms with Crippen LogP contribution in [0.5, 0.6) is 0 Å². The summed E-state index contributed by atoms with van der Waals surface area (Å²) in [6.07, 6.45) is 1.01. The number of thiophene rings is 1. The monoisotopic (exact) mass is 219 g/mol. The highest BCUT2D eigenvalue weighted by Gasteiger charge is 2.04. The molecule has 1 aromatic rings. The molecular weight excluding hydrogens is 210 g/mol. The zero-order chi connectivity index (χ0) is 7.56. The molecule has 3 heteroatoms. The van der Waals surface area contributed by atoms with E-state index >= 15 is 0 Å². The largest absolute Gasteiger partial charge is 0.323 e. The Labute approximate surface area is 73.4 Å². The fraction of sp³-hybridized carbons (Fsp3) is 0.429. The lowest BCUT2D eigenvalue weighted by Gasteiger charge is -2.02. The molecular formula is C7H10BrNS. The Bertz CT molecular complexity index is 209. The van der Waals surface area contributed by atoms with Crippen LogP contribution in [-0.4, -0.2) is 0 Å². The molecule has 0 saturated heterocycles. The minimum atomic E-state index is 0.219. The first-order valence-electron chi connectivity index (χ1n) is 3.23. The van der Waals surface area contributed by atoms with Crippen LogP contribution in [0.2, 0.25) is 0 Å². The van der Waals surface area contributed by atoms with Crippen molar-refractivity contribution in [3.8, 4) is 0 Å². The second-order valence-electron chi connectivity index (χ2n) is 2.18. The third-order valence-electron chi connectivity index (χ3n) is 1.39. The van der Waals surface area contributed by atoms with Gasteiger partial charge in [-0.2, -0.15) is 0 Å². The van der Waals surface area contributed by atoms with Crippen LogP contribution in [0.15, 0.2) is 15.9 Å². The summed E-state index contributed by atoms with van der Waals surface area (Å²) in [6, 6.07) is 2.30. The fourth-order valence-electron chi connectivity index (χ4n) is 0.724. The number of hydrogen-bond donors (Lipinski definition) is 1. The van der Waals surface area contributed by atoms with E-state index < -0.39 is 0 Å². The quantitative estimate of drug-likeness (QED) is 0.814. The first kappa shape index (κ1) is 8.24. The average molecular weight is 220 g/mol. The summed E-state index contributed by atoms with van der Waals surface area (Å²) in [4.78, 5) is 1.26. The van der Waals surface area contributed by atoms with Gasteiger partial charge in [-0.3, -0.25) is 0 Å². The lowest BCUT2D eigenvalue weighted by Crippen LogP contribution is -2.05. The SMILES string of the molecule is CCC(N)c1cc(Br)cs1. The molecule has 1 atom stereocenters. The Balaban J connectivity index is 2.74. The van der Waals surface area contributed by atoms with Crippen molar-refractivity contribution >= 4 is 27.3 Å². The van der Waals surface area contributed by atoms with Crippen LogP contribution < -0.4 is 5.73 Å². The number of halogens is 1. The molecule has 0 radical (unpaired) electrons. The molecule has 1 nitrogen and oxygen atoms in total. The van der Waals surface area contributed by atoms with Crippen molar-refractivity contribution in [2.75, 3.05) is 0 Å². The molecule has 1 heterocycles. The van der Waals surface area contributed by atoms with Gasteiger partial charge in [0.05, 0.1) is 0 Å². The van der Waals surface area contributed by atoms with Gasteiger partial charge in [0.25, 0.3) is 0 Å². The van der Waals surface area contributed by atoms with Crippen LogP contribution in [0.3, 0.4) is 0 Å². The van der Waals surface area contributed by atoms with Crippen LogP contribution >= 0.6 is 27.3 Å². The van der Waals surface area contributed by atoms with Crippen molar-refractivity contribution in [3.63, 3.8) is 0 Å². The fourth-order valence-corrected chi connectivity index (χ4v) is 2.26. The van der Waals surface area contributed by atoms with Crippen molar-refractivity contribution in [1.29, 1.82) is 0 Å². The highest BCUT2D eigenvalue weighted by atomic mass is 79.9. The van der Waals surface area contributed by atoms with E-state index in [1.807, 2.05) is 0 Å². The summed E-state index contributed by atoms with van der Waals surface area (Å²) < 4.78 is 1.14. The number of rotatable bonds is 2. The standard InChI is InChI=1S/C7H10BrNS/c1-2-6(9)7-3-5(8)4-10-7/h3-4,6H,2,9H2,1H3. The van der Waals surface area contributed by atoms with Gasteiger partial charge in [-0.15, -0.1) is 11.3 Å². The molecule has 0 aliphatic carbocycles. The van der Waals surface area contributed by atoms with Gasteiger partial charge in [0, 0.05) is 20.8 Å². The van der Waals surface area contributed by atoms with Gasteiger partial charge in [-0.25, -0.2) is 0 Å². The molecule has 0 spiro atoms. The van der Waals surface area contributed by atoms with Gasteiger partial charge in [0.1, 0.15) is 0 Å². The molecule has 0 fully saturated rings. The maximum absolute atomic E-state index is 5.80. The summed E-state index contributed by atoms with van der Waals surface area (Å²) in [7, 11) is 0. The Morgan fingerprint density at radius 2 is 2.50 bits per heavy atom.